The summed E-state index contributed by atoms with van der Waals surface area (Å²) < 4.78 is 13.9. The van der Waals surface area contributed by atoms with Gasteiger partial charge in [-0.1, -0.05) is 48.0 Å². The number of carboxylic acid groups (broad SMARTS) is 1. The van der Waals surface area contributed by atoms with Gasteiger partial charge in [0.2, 0.25) is 11.8 Å². The third kappa shape index (κ3) is 6.19. The monoisotopic (exact) mass is 386 g/mol. The third-order valence-corrected chi connectivity index (χ3v) is 4.25. The topological polar surface area (TPSA) is 95.5 Å². The molecular weight excluding hydrogens is 363 g/mol. The van der Waals surface area contributed by atoms with Gasteiger partial charge in [-0.05, 0) is 24.1 Å². The number of benzene rings is 2. The highest BCUT2D eigenvalue weighted by molar-refractivity contribution is 5.90. The Kier molecular flexibility index (Phi) is 7.26. The smallest absolute Gasteiger partial charge is 0.326 e. The van der Waals surface area contributed by atoms with Crippen molar-refractivity contribution in [1.82, 2.24) is 10.6 Å². The lowest BCUT2D eigenvalue weighted by Gasteiger charge is -2.21. The van der Waals surface area contributed by atoms with Crippen LogP contribution in [0, 0.1) is 12.7 Å². The number of hydrogen-bond acceptors (Lipinski definition) is 3. The minimum atomic E-state index is -1.19. The van der Waals surface area contributed by atoms with Crippen LogP contribution >= 0.6 is 0 Å². The fraction of sp³-hybridized carbons (Fsp3) is 0.286. The minimum Gasteiger partial charge on any atom is -0.480 e. The summed E-state index contributed by atoms with van der Waals surface area (Å²) in [5.74, 6) is -2.85. The van der Waals surface area contributed by atoms with Gasteiger partial charge in [0.05, 0.1) is 0 Å². The van der Waals surface area contributed by atoms with Crippen molar-refractivity contribution in [3.63, 3.8) is 0 Å². The molecule has 7 heteroatoms. The van der Waals surface area contributed by atoms with Crippen molar-refractivity contribution < 1.29 is 23.9 Å². The number of nitrogens with one attached hydrogen (secondary N) is 2. The zero-order valence-corrected chi connectivity index (χ0v) is 15.7. The summed E-state index contributed by atoms with van der Waals surface area (Å²) in [6, 6.07) is 11.0. The molecule has 2 aromatic carbocycles. The first-order valence-electron chi connectivity index (χ1n) is 8.85. The number of carbonyl (C=O) groups excluding carboxylic acids is 2. The van der Waals surface area contributed by atoms with E-state index in [0.717, 1.165) is 11.1 Å². The lowest BCUT2D eigenvalue weighted by atomic mass is 10.0. The van der Waals surface area contributed by atoms with Crippen molar-refractivity contribution >= 4 is 17.8 Å². The molecule has 0 aliphatic heterocycles. The molecule has 2 aromatic rings. The molecule has 0 unspecified atom stereocenters. The number of halogens is 1. The van der Waals surface area contributed by atoms with Gasteiger partial charge in [0, 0.05) is 19.8 Å². The number of aliphatic carboxylic acids is 1. The quantitative estimate of drug-likeness (QED) is 0.647. The van der Waals surface area contributed by atoms with Crippen LogP contribution in [-0.4, -0.2) is 35.0 Å². The van der Waals surface area contributed by atoms with Gasteiger partial charge >= 0.3 is 5.97 Å². The molecule has 3 N–H and O–H groups in total. The van der Waals surface area contributed by atoms with E-state index in [1.807, 2.05) is 19.1 Å². The van der Waals surface area contributed by atoms with Gasteiger partial charge in [0.15, 0.2) is 0 Å². The molecule has 6 nitrogen and oxygen atoms in total. The molecule has 2 amide bonds. The van der Waals surface area contributed by atoms with Crippen molar-refractivity contribution in [2.24, 2.45) is 0 Å². The van der Waals surface area contributed by atoms with Gasteiger partial charge < -0.3 is 15.7 Å². The van der Waals surface area contributed by atoms with Crippen molar-refractivity contribution in [2.75, 3.05) is 0 Å². The predicted molar refractivity (Wildman–Crippen MR) is 102 cm³/mol. The van der Waals surface area contributed by atoms with Crippen LogP contribution in [0.1, 0.15) is 23.6 Å². The fourth-order valence-corrected chi connectivity index (χ4v) is 2.77. The standard InChI is InChI=1S/C21H23FN2O4/c1-13-7-9-15(10-8-13)11-19(21(27)28)24-20(26)18(23-14(2)25)12-16-5-3-4-6-17(16)22/h3-10,18-19H,11-12H2,1-2H3,(H,23,25)(H,24,26)(H,27,28)/t18-,19-/m0/s1. The molecule has 0 spiro atoms. The van der Waals surface area contributed by atoms with Gasteiger partial charge in [-0.2, -0.15) is 0 Å². The molecule has 0 bridgehead atoms. The number of carbonyl (C=O) groups is 3. The van der Waals surface area contributed by atoms with Crippen LogP contribution in [-0.2, 0) is 27.2 Å². The minimum absolute atomic E-state index is 0.0883. The average Bonchev–Trinajstić information content (AvgIpc) is 2.63. The predicted octanol–water partition coefficient (Wildman–Crippen LogP) is 1.99. The lowest BCUT2D eigenvalue weighted by Crippen LogP contribution is -2.52. The Morgan fingerprint density at radius 2 is 1.61 bits per heavy atom. The summed E-state index contributed by atoms with van der Waals surface area (Å²) in [5, 5.41) is 14.4. The molecule has 2 rings (SSSR count). The van der Waals surface area contributed by atoms with Gasteiger partial charge in [-0.3, -0.25) is 9.59 Å². The normalized spacial score (nSPS) is 12.7. The number of aryl methyl sites for hydroxylation is 1. The molecule has 0 saturated heterocycles. The fourth-order valence-electron chi connectivity index (χ4n) is 2.77. The Morgan fingerprint density at radius 1 is 0.964 bits per heavy atom. The summed E-state index contributed by atoms with van der Waals surface area (Å²) in [6.07, 6.45) is 0.00278. The van der Waals surface area contributed by atoms with Gasteiger partial charge in [-0.15, -0.1) is 0 Å². The first kappa shape index (κ1) is 21.1. The molecule has 2 atom stereocenters. The maximum absolute atomic E-state index is 13.9. The first-order valence-corrected chi connectivity index (χ1v) is 8.85. The molecule has 28 heavy (non-hydrogen) atoms. The van der Waals surface area contributed by atoms with E-state index in [1.165, 1.54) is 25.1 Å². The molecule has 148 valence electrons. The highest BCUT2D eigenvalue weighted by Gasteiger charge is 2.27. The molecule has 0 fully saturated rings. The SMILES string of the molecule is CC(=O)N[C@@H](Cc1ccccc1F)C(=O)N[C@@H](Cc1ccc(C)cc1)C(=O)O. The van der Waals surface area contributed by atoms with E-state index in [2.05, 4.69) is 10.6 Å². The maximum atomic E-state index is 13.9. The Morgan fingerprint density at radius 3 is 2.18 bits per heavy atom. The van der Waals surface area contributed by atoms with Crippen molar-refractivity contribution in [3.8, 4) is 0 Å². The van der Waals surface area contributed by atoms with Crippen LogP contribution < -0.4 is 10.6 Å². The molecule has 0 heterocycles. The Labute approximate surface area is 162 Å². The van der Waals surface area contributed by atoms with E-state index in [-0.39, 0.29) is 18.4 Å². The zero-order valence-electron chi connectivity index (χ0n) is 15.7. The summed E-state index contributed by atoms with van der Waals surface area (Å²) in [4.78, 5) is 35.7. The second-order valence-corrected chi connectivity index (χ2v) is 6.64. The van der Waals surface area contributed by atoms with Crippen LogP contribution in [0.15, 0.2) is 48.5 Å². The van der Waals surface area contributed by atoms with Crippen molar-refractivity contribution in [3.05, 3.63) is 71.0 Å². The molecule has 0 aromatic heterocycles. The summed E-state index contributed by atoms with van der Waals surface area (Å²) in [7, 11) is 0. The third-order valence-electron chi connectivity index (χ3n) is 4.25. The maximum Gasteiger partial charge on any atom is 0.326 e. The zero-order chi connectivity index (χ0) is 20.7. The van der Waals surface area contributed by atoms with Crippen molar-refractivity contribution in [2.45, 2.75) is 38.8 Å². The van der Waals surface area contributed by atoms with E-state index < -0.39 is 35.7 Å². The van der Waals surface area contributed by atoms with Crippen LogP contribution in [0.25, 0.3) is 0 Å². The molecular formula is C21H23FN2O4. The summed E-state index contributed by atoms with van der Waals surface area (Å²) >= 11 is 0. The molecule has 0 aliphatic rings. The van der Waals surface area contributed by atoms with Crippen molar-refractivity contribution in [1.29, 1.82) is 0 Å². The largest absolute Gasteiger partial charge is 0.480 e. The van der Waals surface area contributed by atoms with E-state index in [9.17, 15) is 23.9 Å². The van der Waals surface area contributed by atoms with Gasteiger partial charge in [0.25, 0.3) is 0 Å². The Hall–Kier alpha value is -3.22. The lowest BCUT2D eigenvalue weighted by molar-refractivity contribution is -0.142. The number of rotatable bonds is 8. The highest BCUT2D eigenvalue weighted by atomic mass is 19.1. The molecule has 0 saturated carbocycles. The molecule has 0 radical (unpaired) electrons. The number of amides is 2. The Balaban J connectivity index is 2.14. The van der Waals surface area contributed by atoms with E-state index in [1.54, 1.807) is 18.2 Å². The van der Waals surface area contributed by atoms with Crippen LogP contribution in [0.5, 0.6) is 0 Å². The number of hydrogen-bond donors (Lipinski definition) is 3. The number of carboxylic acids is 1. The van der Waals surface area contributed by atoms with Crippen LogP contribution in [0.4, 0.5) is 4.39 Å². The van der Waals surface area contributed by atoms with E-state index >= 15 is 0 Å². The van der Waals surface area contributed by atoms with Gasteiger partial charge in [0.1, 0.15) is 17.9 Å². The van der Waals surface area contributed by atoms with E-state index in [0.29, 0.717) is 0 Å². The van der Waals surface area contributed by atoms with Crippen LogP contribution in [0.2, 0.25) is 0 Å². The van der Waals surface area contributed by atoms with Crippen LogP contribution in [0.3, 0.4) is 0 Å². The van der Waals surface area contributed by atoms with E-state index in [4.69, 9.17) is 0 Å². The second-order valence-electron chi connectivity index (χ2n) is 6.64. The summed E-state index contributed by atoms with van der Waals surface area (Å²) in [6.45, 7) is 3.16. The first-order chi connectivity index (χ1) is 13.3. The summed E-state index contributed by atoms with van der Waals surface area (Å²) in [5.41, 5.74) is 2.04. The average molecular weight is 386 g/mol. The second kappa shape index (κ2) is 9.64. The highest BCUT2D eigenvalue weighted by Crippen LogP contribution is 2.11. The Bertz CT molecular complexity index is 852. The van der Waals surface area contributed by atoms with Gasteiger partial charge in [-0.25, -0.2) is 9.18 Å². The molecule has 0 aliphatic carbocycles.